The smallest absolute Gasteiger partial charge is 0.0776 e. The van der Waals surface area contributed by atoms with Gasteiger partial charge in [0, 0.05) is 9.93 Å². The van der Waals surface area contributed by atoms with Crippen LogP contribution in [-0.2, 0) is 0 Å². The van der Waals surface area contributed by atoms with Gasteiger partial charge in [0.15, 0.2) is 0 Å². The standard InChI is InChI=1S/3CH4.O2/c;;;1-2/h3*1H4;/p+1. The van der Waals surface area contributed by atoms with Crippen LogP contribution in [0.1, 0.15) is 23.7 Å². The van der Waals surface area contributed by atoms with Gasteiger partial charge < -0.3 is 0 Å². The fourth-order valence-electron chi connectivity index (χ4n) is 0. The molecule has 0 unspecified atom stereocenters. The van der Waals surface area contributed by atoms with Crippen LogP contribution in [0.15, 0.2) is 0 Å². The van der Waals surface area contributed by atoms with E-state index in [0.717, 1.165) is 0 Å². The highest BCUT2D eigenvalue weighted by Gasteiger charge is 0.707. The van der Waals surface area contributed by atoms with E-state index in [9.17, 15) is 0 Å². The van der Waals surface area contributed by atoms with Crippen LogP contribution in [-0.4, -0.2) is 0 Å². The number of hydrogen-bond donors (Lipinski definition) is 0. The largest absolute Gasteiger partial charge is 1.00 e. The molecule has 0 radical (unpaired) electrons. The van der Waals surface area contributed by atoms with Gasteiger partial charge in [0.25, 0.3) is 0 Å². The van der Waals surface area contributed by atoms with E-state index in [2.05, 4.69) is 0 Å². The lowest BCUT2D eigenvalue weighted by atomic mass is 12.0. The van der Waals surface area contributed by atoms with Gasteiger partial charge in [-0.2, -0.15) is 0 Å². The molecule has 2 heteroatoms. The summed E-state index contributed by atoms with van der Waals surface area (Å²) >= 11 is 0. The molecule has 0 N–H and O–H groups in total. The summed E-state index contributed by atoms with van der Waals surface area (Å²) in [4.78, 5) is 14.0. The molecule has 0 aliphatic heterocycles. The second-order valence-electron chi connectivity index (χ2n) is 0. The van der Waals surface area contributed by atoms with Crippen LogP contribution in [0.3, 0.4) is 0 Å². The van der Waals surface area contributed by atoms with Crippen LogP contribution in [0.4, 0.5) is 0 Å². The van der Waals surface area contributed by atoms with Gasteiger partial charge >= 0.3 is 1.43 Å². The van der Waals surface area contributed by atoms with Gasteiger partial charge in [0.2, 0.25) is 0 Å². The second kappa shape index (κ2) is 152. The molecule has 0 rings (SSSR count). The summed E-state index contributed by atoms with van der Waals surface area (Å²) in [7, 11) is 0. The van der Waals surface area contributed by atoms with Gasteiger partial charge in [0.05, 0.1) is 0 Å². The summed E-state index contributed by atoms with van der Waals surface area (Å²) in [6.45, 7) is 0. The Morgan fingerprint density at radius 3 is 0.800 bits per heavy atom. The van der Waals surface area contributed by atoms with E-state index in [0.29, 0.717) is 0 Å². The summed E-state index contributed by atoms with van der Waals surface area (Å²) in [5.74, 6) is 0. The zero-order valence-electron chi connectivity index (χ0n) is 1.82. The lowest BCUT2D eigenvalue weighted by molar-refractivity contribution is 2.50. The first kappa shape index (κ1) is 166. The van der Waals surface area contributed by atoms with Crippen molar-refractivity contribution in [1.29, 1.82) is 0 Å². The molecule has 0 atom stereocenters. The molecule has 0 heterocycles. The van der Waals surface area contributed by atoms with Crippen molar-refractivity contribution in [2.75, 3.05) is 0 Å². The first-order chi connectivity index (χ1) is 1.00. The Bertz CT molecular complexity index is 8.75. The van der Waals surface area contributed by atoms with E-state index in [1.54, 1.807) is 0 Å². The summed E-state index contributed by atoms with van der Waals surface area (Å²) in [6, 6.07) is 0. The van der Waals surface area contributed by atoms with Crippen molar-refractivity contribution >= 4 is 0 Å². The van der Waals surface area contributed by atoms with Crippen molar-refractivity contribution in [3.8, 4) is 0 Å². The molecule has 36 valence electrons. The maximum Gasteiger partial charge on any atom is 1.00 e. The molecule has 5 heavy (non-hydrogen) atoms. The summed E-state index contributed by atoms with van der Waals surface area (Å²) in [5, 5.41) is 0. The molecular weight excluding hydrogens is 68.0 g/mol. The van der Waals surface area contributed by atoms with Crippen molar-refractivity contribution in [1.82, 2.24) is 0 Å². The van der Waals surface area contributed by atoms with E-state index < -0.39 is 0 Å². The van der Waals surface area contributed by atoms with Crippen molar-refractivity contribution in [2.45, 2.75) is 22.3 Å². The Labute approximate surface area is 34.9 Å². The highest BCUT2D eigenvalue weighted by atomic mass is 16.7. The Morgan fingerprint density at radius 1 is 0.800 bits per heavy atom. The van der Waals surface area contributed by atoms with E-state index in [-0.39, 0.29) is 23.7 Å². The molecule has 0 saturated carbocycles. The van der Waals surface area contributed by atoms with Gasteiger partial charge in [-0.1, -0.05) is 22.3 Å². The fraction of sp³-hybridized carbons (Fsp3) is 1.00. The van der Waals surface area contributed by atoms with Crippen LogP contribution >= 0.6 is 0 Å². The lowest BCUT2D eigenvalue weighted by Crippen LogP contribution is -0.674. The van der Waals surface area contributed by atoms with Gasteiger partial charge in [0.1, 0.15) is 0 Å². The molecule has 0 aromatic rings. The summed E-state index contributed by atoms with van der Waals surface area (Å²) in [5.41, 5.74) is 0. The molecule has 0 bridgehead atoms. The molecule has 0 aliphatic rings. The first-order valence-corrected chi connectivity index (χ1v) is 0.167. The average Bonchev–Trinajstić information content (AvgIpc) is 1.00. The molecule has 0 amide bonds. The summed E-state index contributed by atoms with van der Waals surface area (Å²) in [6.07, 6.45) is 0. The molecule has 2 nitrogen and oxygen atoms in total. The van der Waals surface area contributed by atoms with E-state index in [1.807, 2.05) is 0 Å². The van der Waals surface area contributed by atoms with Gasteiger partial charge in [-0.3, -0.25) is 0 Å². The molecule has 0 aromatic carbocycles. The van der Waals surface area contributed by atoms with Crippen LogP contribution in [0.5, 0.6) is 0 Å². The minimum Gasteiger partial charge on any atom is -0.0776 e. The van der Waals surface area contributed by atoms with Crippen LogP contribution in [0, 0.1) is 9.93 Å². The highest BCUT2D eigenvalue weighted by Crippen LogP contribution is 0.741. The Hall–Kier alpha value is -0.400. The third-order valence-electron chi connectivity index (χ3n) is 0. The Kier molecular flexibility index (Phi) is 5040. The molecule has 0 fully saturated rings. The van der Waals surface area contributed by atoms with E-state index >= 15 is 0 Å². The fourth-order valence-corrected chi connectivity index (χ4v) is 0. The SMILES string of the molecule is C.C.C.O=O.[H+]. The quantitative estimate of drug-likeness (QED) is 0.447. The Morgan fingerprint density at radius 2 is 0.800 bits per heavy atom. The number of hydrogen-bond acceptors (Lipinski definition) is 2. The first-order valence-electron chi connectivity index (χ1n) is 0.167. The van der Waals surface area contributed by atoms with Gasteiger partial charge in [-0.05, 0) is 0 Å². The predicted octanol–water partition coefficient (Wildman–Crippen LogP) is 2.09. The normalized spacial score (nSPS) is 0.800. The van der Waals surface area contributed by atoms with Gasteiger partial charge in [-0.25, -0.2) is 0 Å². The molecule has 0 aromatic heterocycles. The highest BCUT2D eigenvalue weighted by molar-refractivity contribution is 4.07. The Balaban J connectivity index is -0.000000000833. The maximum atomic E-state index is 7.00. The minimum absolute atomic E-state index is 0. The minimum atomic E-state index is 0. The van der Waals surface area contributed by atoms with Crippen molar-refractivity contribution in [3.63, 3.8) is 0 Å². The van der Waals surface area contributed by atoms with E-state index in [1.165, 1.54) is 0 Å². The average molecular weight is 81.1 g/mol. The van der Waals surface area contributed by atoms with Crippen molar-refractivity contribution < 1.29 is 1.43 Å². The molecule has 0 aliphatic carbocycles. The number of rotatable bonds is 0. The monoisotopic (exact) mass is 81.1 g/mol. The van der Waals surface area contributed by atoms with Gasteiger partial charge in [-0.15, -0.1) is 0 Å². The van der Waals surface area contributed by atoms with Crippen molar-refractivity contribution in [3.05, 3.63) is 9.93 Å². The van der Waals surface area contributed by atoms with Crippen LogP contribution in [0.2, 0.25) is 0 Å². The second-order valence-corrected chi connectivity index (χ2v) is 0. The summed E-state index contributed by atoms with van der Waals surface area (Å²) < 4.78 is 0. The molecular formula is C3H13O2+. The van der Waals surface area contributed by atoms with Crippen LogP contribution in [0.25, 0.3) is 0 Å². The topological polar surface area (TPSA) is 34.1 Å². The third-order valence-corrected chi connectivity index (χ3v) is 0. The van der Waals surface area contributed by atoms with Crippen LogP contribution < -0.4 is 0 Å². The van der Waals surface area contributed by atoms with E-state index in [4.69, 9.17) is 9.93 Å². The van der Waals surface area contributed by atoms with Crippen molar-refractivity contribution in [2.24, 2.45) is 0 Å². The predicted molar refractivity (Wildman–Crippen MR) is 28.0 cm³/mol. The zero-order chi connectivity index (χ0) is 2.00. The lowest BCUT2D eigenvalue weighted by Gasteiger charge is -0.707. The zero-order valence-corrected chi connectivity index (χ0v) is 0.816. The third kappa shape index (κ3) is 57.6. The molecule has 0 saturated heterocycles. The molecule has 0 spiro atoms. The maximum absolute atomic E-state index is 7.00.